The molecule has 0 bridgehead atoms. The van der Waals surface area contributed by atoms with Crippen molar-refractivity contribution in [2.45, 2.75) is 38.8 Å². The van der Waals surface area contributed by atoms with E-state index in [1.807, 2.05) is 18.2 Å². The number of aromatic amines is 1. The maximum atomic E-state index is 12.3. The van der Waals surface area contributed by atoms with Crippen molar-refractivity contribution >= 4 is 23.7 Å². The summed E-state index contributed by atoms with van der Waals surface area (Å²) in [7, 11) is 0. The number of carboxylic acid groups (broad SMARTS) is 1. The predicted molar refractivity (Wildman–Crippen MR) is 130 cm³/mol. The fraction of sp³-hybridized carbons (Fsp3) is 0.409. The molecule has 0 spiro atoms. The van der Waals surface area contributed by atoms with E-state index in [-0.39, 0.29) is 48.7 Å². The van der Waals surface area contributed by atoms with Gasteiger partial charge in [-0.05, 0) is 24.1 Å². The van der Waals surface area contributed by atoms with Crippen molar-refractivity contribution < 1.29 is 32.7 Å². The Labute approximate surface area is 210 Å². The third-order valence-corrected chi connectivity index (χ3v) is 4.73. The maximum Gasteiger partial charge on any atom is 0.490 e. The van der Waals surface area contributed by atoms with E-state index in [1.165, 1.54) is 5.56 Å². The van der Waals surface area contributed by atoms with E-state index >= 15 is 0 Å². The van der Waals surface area contributed by atoms with Crippen molar-refractivity contribution in [2.24, 2.45) is 16.6 Å². The normalized spacial score (nSPS) is 11.4. The summed E-state index contributed by atoms with van der Waals surface area (Å²) in [5, 5.41) is 16.3. The number of aryl methyl sites for hydroxylation is 1. The van der Waals surface area contributed by atoms with Gasteiger partial charge in [-0.25, -0.2) is 9.78 Å². The number of nitrogens with two attached hydrogens (primary N) is 2. The molecule has 1 aromatic heterocycles. The van der Waals surface area contributed by atoms with Crippen LogP contribution in [0.5, 0.6) is 0 Å². The van der Waals surface area contributed by atoms with Gasteiger partial charge in [-0.2, -0.15) is 13.2 Å². The first-order valence-electron chi connectivity index (χ1n) is 11.0. The van der Waals surface area contributed by atoms with Crippen molar-refractivity contribution in [3.8, 4) is 0 Å². The fourth-order valence-electron chi connectivity index (χ4n) is 2.88. The fourth-order valence-corrected chi connectivity index (χ4v) is 2.88. The summed E-state index contributed by atoms with van der Waals surface area (Å²) in [4.78, 5) is 45.3. The van der Waals surface area contributed by atoms with Crippen LogP contribution in [0, 0.1) is 6.92 Å². The van der Waals surface area contributed by atoms with Gasteiger partial charge in [-0.1, -0.05) is 37.3 Å². The summed E-state index contributed by atoms with van der Waals surface area (Å²) in [6.45, 7) is 4.73. The Hall–Kier alpha value is -4.30. The number of aliphatic carboxylic acids is 1. The number of oxime groups is 1. The van der Waals surface area contributed by atoms with Crippen molar-refractivity contribution in [2.75, 3.05) is 25.0 Å². The molecule has 2 aromatic rings. The predicted octanol–water partition coefficient (Wildman–Crippen LogP) is 1.18. The molecule has 15 heteroatoms. The molecule has 0 aliphatic heterocycles. The van der Waals surface area contributed by atoms with Crippen molar-refractivity contribution in [3.05, 3.63) is 57.6 Å². The quantitative estimate of drug-likeness (QED) is 0.107. The molecular weight excluding hydrogens is 499 g/mol. The molecule has 0 radical (unpaired) electrons. The first kappa shape index (κ1) is 30.7. The minimum atomic E-state index is -5.08. The molecule has 0 saturated heterocycles. The molecule has 204 valence electrons. The lowest BCUT2D eigenvalue weighted by molar-refractivity contribution is -0.192. The van der Waals surface area contributed by atoms with Gasteiger partial charge in [-0.15, -0.1) is 0 Å². The standard InChI is InChI=1S/C20H29N7O3.C2HF3O2/c1-3-14(15-7-5-4-6-8-15)12-24-18-19(29)25-13(2)16(26-18)11-17(28)23-9-10-30-27-20(21)22;3-2(4,5)1(6)7/h4-8,14H,3,9-12H2,1-2H3,(H,23,28)(H,24,26)(H,25,29)(H4,21,22,27);(H,6,7). The van der Waals surface area contributed by atoms with Crippen LogP contribution in [0.2, 0.25) is 0 Å². The molecule has 0 aliphatic carbocycles. The Balaban J connectivity index is 0.000000856. The monoisotopic (exact) mass is 529 g/mol. The second-order valence-corrected chi connectivity index (χ2v) is 7.56. The van der Waals surface area contributed by atoms with Crippen LogP contribution in [-0.2, 0) is 20.8 Å². The number of guanidine groups is 1. The van der Waals surface area contributed by atoms with Gasteiger partial charge >= 0.3 is 12.1 Å². The zero-order valence-electron chi connectivity index (χ0n) is 20.3. The summed E-state index contributed by atoms with van der Waals surface area (Å²) in [6.07, 6.45) is -4.15. The van der Waals surface area contributed by atoms with Gasteiger partial charge in [0, 0.05) is 18.2 Å². The number of H-pyrrole nitrogens is 1. The Morgan fingerprint density at radius 3 is 2.41 bits per heavy atom. The summed E-state index contributed by atoms with van der Waals surface area (Å²) < 4.78 is 31.7. The topological polar surface area (TPSA) is 198 Å². The molecule has 1 unspecified atom stereocenters. The van der Waals surface area contributed by atoms with Gasteiger partial charge in [0.2, 0.25) is 11.9 Å². The van der Waals surface area contributed by atoms with Crippen LogP contribution in [0.15, 0.2) is 40.3 Å². The Bertz CT molecular complexity index is 1100. The molecule has 37 heavy (non-hydrogen) atoms. The van der Waals surface area contributed by atoms with Gasteiger partial charge in [0.05, 0.1) is 18.7 Å². The highest BCUT2D eigenvalue weighted by atomic mass is 19.4. The van der Waals surface area contributed by atoms with E-state index in [2.05, 4.69) is 44.8 Å². The van der Waals surface area contributed by atoms with E-state index < -0.39 is 12.1 Å². The highest BCUT2D eigenvalue weighted by Gasteiger charge is 2.38. The van der Waals surface area contributed by atoms with Crippen molar-refractivity contribution in [1.29, 1.82) is 0 Å². The molecule has 0 aliphatic rings. The van der Waals surface area contributed by atoms with Gasteiger partial charge in [0.1, 0.15) is 6.61 Å². The number of carboxylic acids is 1. The first-order chi connectivity index (χ1) is 17.3. The molecule has 8 N–H and O–H groups in total. The average molecular weight is 530 g/mol. The Morgan fingerprint density at radius 2 is 1.86 bits per heavy atom. The molecule has 2 rings (SSSR count). The summed E-state index contributed by atoms with van der Waals surface area (Å²) in [5.41, 5.74) is 12.2. The van der Waals surface area contributed by atoms with Gasteiger partial charge in [0.15, 0.2) is 5.82 Å². The van der Waals surface area contributed by atoms with E-state index in [0.29, 0.717) is 17.9 Å². The number of rotatable bonds is 11. The lowest BCUT2D eigenvalue weighted by atomic mass is 9.96. The number of nitrogens with one attached hydrogen (secondary N) is 3. The van der Waals surface area contributed by atoms with Crippen LogP contribution in [-0.4, -0.2) is 58.8 Å². The number of carbonyl (C=O) groups excluding carboxylic acids is 1. The molecule has 0 fully saturated rings. The minimum absolute atomic E-state index is 0.0233. The number of amides is 1. The van der Waals surface area contributed by atoms with Crippen molar-refractivity contribution in [1.82, 2.24) is 15.3 Å². The molecule has 1 heterocycles. The lowest BCUT2D eigenvalue weighted by Crippen LogP contribution is -2.30. The van der Waals surface area contributed by atoms with Crippen LogP contribution in [0.3, 0.4) is 0 Å². The third kappa shape index (κ3) is 11.8. The highest BCUT2D eigenvalue weighted by molar-refractivity contribution is 5.78. The SMILES string of the molecule is CCC(CNc1nc(CC(=O)NCCON=C(N)N)c(C)[nH]c1=O)c1ccccc1.O=C(O)C(F)(F)F. The summed E-state index contributed by atoms with van der Waals surface area (Å²) in [6, 6.07) is 10.1. The average Bonchev–Trinajstić information content (AvgIpc) is 2.82. The zero-order valence-corrected chi connectivity index (χ0v) is 20.3. The third-order valence-electron chi connectivity index (χ3n) is 4.73. The largest absolute Gasteiger partial charge is 0.490 e. The number of anilines is 1. The number of carbonyl (C=O) groups is 2. The van der Waals surface area contributed by atoms with Crippen LogP contribution < -0.4 is 27.7 Å². The van der Waals surface area contributed by atoms with Gasteiger partial charge in [-0.3, -0.25) is 9.59 Å². The van der Waals surface area contributed by atoms with E-state index in [0.717, 1.165) is 6.42 Å². The summed E-state index contributed by atoms with van der Waals surface area (Å²) in [5.74, 6) is -2.76. The van der Waals surface area contributed by atoms with Gasteiger partial charge in [0.25, 0.3) is 5.56 Å². The minimum Gasteiger partial charge on any atom is -0.475 e. The number of hydrogen-bond acceptors (Lipinski definition) is 7. The Morgan fingerprint density at radius 1 is 1.24 bits per heavy atom. The number of nitrogens with zero attached hydrogens (tertiary/aromatic N) is 2. The lowest BCUT2D eigenvalue weighted by Gasteiger charge is -2.17. The second-order valence-electron chi connectivity index (χ2n) is 7.56. The molecule has 0 saturated carbocycles. The smallest absolute Gasteiger partial charge is 0.475 e. The van der Waals surface area contributed by atoms with Crippen molar-refractivity contribution in [3.63, 3.8) is 0 Å². The molecule has 1 amide bonds. The van der Waals surface area contributed by atoms with Crippen LogP contribution in [0.4, 0.5) is 19.0 Å². The zero-order chi connectivity index (χ0) is 28.0. The number of aromatic nitrogens is 2. The van der Waals surface area contributed by atoms with Crippen LogP contribution in [0.25, 0.3) is 0 Å². The first-order valence-corrected chi connectivity index (χ1v) is 11.0. The number of benzene rings is 1. The van der Waals surface area contributed by atoms with E-state index in [1.54, 1.807) is 6.92 Å². The van der Waals surface area contributed by atoms with Crippen LogP contribution in [0.1, 0.15) is 36.2 Å². The number of alkyl halides is 3. The van der Waals surface area contributed by atoms with E-state index in [9.17, 15) is 22.8 Å². The highest BCUT2D eigenvalue weighted by Crippen LogP contribution is 2.19. The maximum absolute atomic E-state index is 12.3. The van der Waals surface area contributed by atoms with Crippen LogP contribution >= 0.6 is 0 Å². The van der Waals surface area contributed by atoms with E-state index in [4.69, 9.17) is 26.2 Å². The second kappa shape index (κ2) is 15.0. The molecule has 1 aromatic carbocycles. The number of halogens is 3. The van der Waals surface area contributed by atoms with Gasteiger partial charge < -0.3 is 37.0 Å². The molecular formula is C22H30F3N7O5. The number of hydrogen-bond donors (Lipinski definition) is 6. The molecule has 1 atom stereocenters. The summed E-state index contributed by atoms with van der Waals surface area (Å²) >= 11 is 0. The molecule has 12 nitrogen and oxygen atoms in total. The Kier molecular flexibility index (Phi) is 12.4.